The van der Waals surface area contributed by atoms with E-state index in [1.807, 2.05) is 0 Å². The Labute approximate surface area is 167 Å². The third kappa shape index (κ3) is 4.09. The molecule has 8 nitrogen and oxygen atoms in total. The number of halogens is 1. The molecule has 3 rings (SSSR count). The second-order valence-corrected chi connectivity index (χ2v) is 6.55. The number of barbiturate groups is 1. The van der Waals surface area contributed by atoms with Gasteiger partial charge in [-0.05, 0) is 36.4 Å². The number of hydrogen-bond donors (Lipinski definition) is 1. The van der Waals surface area contributed by atoms with E-state index < -0.39 is 30.4 Å². The first-order valence-corrected chi connectivity index (χ1v) is 8.75. The van der Waals surface area contributed by atoms with Crippen molar-refractivity contribution in [3.8, 4) is 5.75 Å². The van der Waals surface area contributed by atoms with Gasteiger partial charge in [0.25, 0.3) is 11.8 Å². The van der Waals surface area contributed by atoms with Crippen LogP contribution in [0.15, 0.2) is 58.6 Å². The maximum atomic E-state index is 12.8. The molecule has 142 valence electrons. The zero-order chi connectivity index (χ0) is 20.3. The van der Waals surface area contributed by atoms with E-state index in [0.29, 0.717) is 10.2 Å². The Morgan fingerprint density at radius 3 is 2.54 bits per heavy atom. The number of nitrogens with zero attached hydrogens (tertiary/aromatic N) is 1. The number of hydrogen-bond acceptors (Lipinski definition) is 6. The van der Waals surface area contributed by atoms with E-state index in [1.165, 1.54) is 12.1 Å². The molecule has 0 spiro atoms. The molecular formula is C19H12BrN2O6-. The highest BCUT2D eigenvalue weighted by atomic mass is 79.9. The predicted molar refractivity (Wildman–Crippen MR) is 100 cm³/mol. The van der Waals surface area contributed by atoms with Crippen LogP contribution in [-0.4, -0.2) is 30.4 Å². The molecule has 0 radical (unpaired) electrons. The molecule has 1 heterocycles. The molecule has 0 saturated carbocycles. The molecule has 4 amide bonds. The fourth-order valence-corrected chi connectivity index (χ4v) is 2.90. The summed E-state index contributed by atoms with van der Waals surface area (Å²) in [6, 6.07) is 11.9. The molecule has 9 heteroatoms. The number of aliphatic carboxylic acids is 1. The lowest BCUT2D eigenvalue weighted by molar-refractivity contribution is -0.307. The third-order valence-electron chi connectivity index (χ3n) is 3.73. The quantitative estimate of drug-likeness (QED) is 0.548. The Bertz CT molecular complexity index is 1000. The molecular weight excluding hydrogens is 432 g/mol. The summed E-state index contributed by atoms with van der Waals surface area (Å²) >= 11 is 3.27. The van der Waals surface area contributed by atoms with Gasteiger partial charge in [0.2, 0.25) is 0 Å². The lowest BCUT2D eigenvalue weighted by atomic mass is 10.1. The van der Waals surface area contributed by atoms with E-state index in [4.69, 9.17) is 4.74 Å². The van der Waals surface area contributed by atoms with Gasteiger partial charge in [-0.1, -0.05) is 34.1 Å². The first-order valence-electron chi connectivity index (χ1n) is 7.95. The minimum absolute atomic E-state index is 0.128. The number of anilines is 1. The number of carboxylic acid groups (broad SMARTS) is 1. The molecule has 0 bridgehead atoms. The van der Waals surface area contributed by atoms with Crippen molar-refractivity contribution in [1.29, 1.82) is 0 Å². The largest absolute Gasteiger partial charge is 0.546 e. The number of imide groups is 2. The van der Waals surface area contributed by atoms with Crippen LogP contribution in [0, 0.1) is 0 Å². The van der Waals surface area contributed by atoms with Gasteiger partial charge in [-0.2, -0.15) is 0 Å². The highest BCUT2D eigenvalue weighted by Crippen LogP contribution is 2.28. The number of para-hydroxylation sites is 1. The van der Waals surface area contributed by atoms with E-state index in [-0.39, 0.29) is 16.9 Å². The number of nitrogens with one attached hydrogen (secondary N) is 1. The third-order valence-corrected chi connectivity index (χ3v) is 4.23. The maximum Gasteiger partial charge on any atom is 0.335 e. The van der Waals surface area contributed by atoms with Crippen LogP contribution in [0.2, 0.25) is 0 Å². The summed E-state index contributed by atoms with van der Waals surface area (Å²) < 4.78 is 5.76. The van der Waals surface area contributed by atoms with Gasteiger partial charge in [0.05, 0.1) is 11.7 Å². The second kappa shape index (κ2) is 8.05. The number of ether oxygens (including phenoxy) is 1. The van der Waals surface area contributed by atoms with Crippen molar-refractivity contribution in [3.05, 3.63) is 64.1 Å². The number of carbonyl (C=O) groups is 4. The SMILES string of the molecule is O=C([O-])COc1ccc(Br)cc1/C=C1\C(=O)NC(=O)N(c2ccccc2)C1=O. The highest BCUT2D eigenvalue weighted by molar-refractivity contribution is 9.10. The van der Waals surface area contributed by atoms with E-state index in [9.17, 15) is 24.3 Å². The van der Waals surface area contributed by atoms with Gasteiger partial charge in [-0.15, -0.1) is 0 Å². The van der Waals surface area contributed by atoms with Crippen molar-refractivity contribution in [3.63, 3.8) is 0 Å². The van der Waals surface area contributed by atoms with Gasteiger partial charge in [0.15, 0.2) is 0 Å². The number of urea groups is 1. The van der Waals surface area contributed by atoms with Crippen LogP contribution in [0.5, 0.6) is 5.75 Å². The lowest BCUT2D eigenvalue weighted by Crippen LogP contribution is -2.54. The van der Waals surface area contributed by atoms with Gasteiger partial charge in [-0.3, -0.25) is 14.9 Å². The summed E-state index contributed by atoms with van der Waals surface area (Å²) in [6.07, 6.45) is 1.23. The summed E-state index contributed by atoms with van der Waals surface area (Å²) in [5.74, 6) is -2.98. The van der Waals surface area contributed by atoms with Crippen LogP contribution < -0.4 is 20.1 Å². The lowest BCUT2D eigenvalue weighted by Gasteiger charge is -2.26. The van der Waals surface area contributed by atoms with Crippen LogP contribution in [-0.2, 0) is 14.4 Å². The zero-order valence-corrected chi connectivity index (χ0v) is 15.8. The molecule has 0 aromatic heterocycles. The van der Waals surface area contributed by atoms with Crippen molar-refractivity contribution < 1.29 is 29.0 Å². The van der Waals surface area contributed by atoms with Crippen LogP contribution >= 0.6 is 15.9 Å². The Morgan fingerprint density at radius 2 is 1.86 bits per heavy atom. The first kappa shape index (κ1) is 19.3. The van der Waals surface area contributed by atoms with E-state index in [1.54, 1.807) is 42.5 Å². The van der Waals surface area contributed by atoms with Gasteiger partial charge in [0.1, 0.15) is 17.9 Å². The van der Waals surface area contributed by atoms with Crippen molar-refractivity contribution >= 4 is 51.5 Å². The van der Waals surface area contributed by atoms with Crippen LogP contribution in [0.1, 0.15) is 5.56 Å². The number of carbonyl (C=O) groups excluding carboxylic acids is 4. The number of benzene rings is 2. The molecule has 0 unspecified atom stereocenters. The van der Waals surface area contributed by atoms with Gasteiger partial charge >= 0.3 is 6.03 Å². The zero-order valence-electron chi connectivity index (χ0n) is 14.2. The molecule has 1 saturated heterocycles. The van der Waals surface area contributed by atoms with E-state index in [2.05, 4.69) is 21.2 Å². The monoisotopic (exact) mass is 443 g/mol. The molecule has 1 fully saturated rings. The van der Waals surface area contributed by atoms with Crippen LogP contribution in [0.3, 0.4) is 0 Å². The van der Waals surface area contributed by atoms with Gasteiger partial charge in [-0.25, -0.2) is 9.69 Å². The fraction of sp³-hybridized carbons (Fsp3) is 0.0526. The second-order valence-electron chi connectivity index (χ2n) is 5.64. The van der Waals surface area contributed by atoms with Crippen LogP contribution in [0.4, 0.5) is 10.5 Å². The van der Waals surface area contributed by atoms with Crippen molar-refractivity contribution in [2.24, 2.45) is 0 Å². The topological polar surface area (TPSA) is 116 Å². The Kier molecular flexibility index (Phi) is 5.55. The van der Waals surface area contributed by atoms with Gasteiger partial charge < -0.3 is 14.6 Å². The smallest absolute Gasteiger partial charge is 0.335 e. The standard InChI is InChI=1S/C19H13BrN2O6/c20-12-6-7-15(28-10-16(23)24)11(8-12)9-14-17(25)21-19(27)22(18(14)26)13-4-2-1-3-5-13/h1-9H,10H2,(H,23,24)(H,21,25,27)/p-1/b14-9+. The molecule has 1 aliphatic rings. The number of amides is 4. The average molecular weight is 444 g/mol. The van der Waals surface area contributed by atoms with Crippen LogP contribution in [0.25, 0.3) is 6.08 Å². The molecule has 1 N–H and O–H groups in total. The van der Waals surface area contributed by atoms with E-state index >= 15 is 0 Å². The fourth-order valence-electron chi connectivity index (χ4n) is 2.52. The summed E-state index contributed by atoms with van der Waals surface area (Å²) in [7, 11) is 0. The molecule has 0 atom stereocenters. The van der Waals surface area contributed by atoms with Crippen molar-refractivity contribution in [1.82, 2.24) is 5.32 Å². The Balaban J connectivity index is 2.02. The number of rotatable bonds is 5. The number of carboxylic acids is 1. The molecule has 1 aliphatic heterocycles. The molecule has 0 aliphatic carbocycles. The minimum atomic E-state index is -1.42. The predicted octanol–water partition coefficient (Wildman–Crippen LogP) is 1.24. The summed E-state index contributed by atoms with van der Waals surface area (Å²) in [4.78, 5) is 48.7. The summed E-state index contributed by atoms with van der Waals surface area (Å²) in [5.41, 5.74) is 0.266. The highest BCUT2D eigenvalue weighted by Gasteiger charge is 2.36. The summed E-state index contributed by atoms with van der Waals surface area (Å²) in [5, 5.41) is 12.8. The Hall–Kier alpha value is -3.46. The normalized spacial score (nSPS) is 15.5. The Morgan fingerprint density at radius 1 is 1.14 bits per heavy atom. The van der Waals surface area contributed by atoms with Gasteiger partial charge in [0, 0.05) is 10.0 Å². The minimum Gasteiger partial charge on any atom is -0.546 e. The summed E-state index contributed by atoms with van der Waals surface area (Å²) in [6.45, 7) is -0.702. The van der Waals surface area contributed by atoms with E-state index in [0.717, 1.165) is 4.90 Å². The average Bonchev–Trinajstić information content (AvgIpc) is 2.65. The molecule has 2 aromatic rings. The molecule has 2 aromatic carbocycles. The van der Waals surface area contributed by atoms with Crippen molar-refractivity contribution in [2.45, 2.75) is 0 Å². The van der Waals surface area contributed by atoms with Crippen molar-refractivity contribution in [2.75, 3.05) is 11.5 Å². The maximum absolute atomic E-state index is 12.8. The molecule has 28 heavy (non-hydrogen) atoms. The first-order chi connectivity index (χ1) is 13.4.